The molecule has 0 bridgehead atoms. The number of hydrogen-bond donors (Lipinski definition) is 1. The van der Waals surface area contributed by atoms with E-state index in [-0.39, 0.29) is 5.97 Å². The van der Waals surface area contributed by atoms with Gasteiger partial charge in [0.05, 0.1) is 7.11 Å². The highest BCUT2D eigenvalue weighted by molar-refractivity contribution is 5.68. The van der Waals surface area contributed by atoms with Crippen LogP contribution in [0.4, 0.5) is 0 Å². The Labute approximate surface area is 165 Å². The fourth-order valence-corrected chi connectivity index (χ4v) is 3.60. The minimum absolute atomic E-state index is 0.0927. The lowest BCUT2D eigenvalue weighted by molar-refractivity contribution is -0.140. The van der Waals surface area contributed by atoms with Crippen molar-refractivity contribution < 1.29 is 9.53 Å². The van der Waals surface area contributed by atoms with E-state index in [1.54, 1.807) is 0 Å². The highest BCUT2D eigenvalue weighted by atomic mass is 16.5. The molecule has 0 aliphatic carbocycles. The van der Waals surface area contributed by atoms with Gasteiger partial charge in [-0.1, -0.05) is 95.6 Å². The first kappa shape index (κ1) is 23.6. The molecule has 0 radical (unpaired) electrons. The Morgan fingerprint density at radius 2 is 1.52 bits per heavy atom. The number of nitrogens with zero attached hydrogens (tertiary/aromatic N) is 3. The van der Waals surface area contributed by atoms with Crippen molar-refractivity contribution in [3.8, 4) is 0 Å². The van der Waals surface area contributed by atoms with E-state index in [2.05, 4.69) is 32.3 Å². The van der Waals surface area contributed by atoms with E-state index in [9.17, 15) is 4.79 Å². The first-order valence-electron chi connectivity index (χ1n) is 11.0. The number of H-pyrrole nitrogens is 1. The number of hydrogen-bond acceptors (Lipinski definition) is 5. The highest BCUT2D eigenvalue weighted by Crippen LogP contribution is 2.22. The second-order valence-electron chi connectivity index (χ2n) is 7.69. The van der Waals surface area contributed by atoms with Gasteiger partial charge >= 0.3 is 5.97 Å². The Balaban J connectivity index is 2.14. The van der Waals surface area contributed by atoms with Crippen molar-refractivity contribution in [2.24, 2.45) is 5.92 Å². The third kappa shape index (κ3) is 13.4. The van der Waals surface area contributed by atoms with Gasteiger partial charge in [0, 0.05) is 12.8 Å². The Morgan fingerprint density at radius 1 is 0.926 bits per heavy atom. The van der Waals surface area contributed by atoms with Crippen LogP contribution in [0.1, 0.15) is 109 Å². The molecule has 0 aliphatic rings. The summed E-state index contributed by atoms with van der Waals surface area (Å²) in [6.07, 6.45) is 19.2. The summed E-state index contributed by atoms with van der Waals surface area (Å²) in [5, 5.41) is 14.5. The number of aromatic nitrogens is 4. The highest BCUT2D eigenvalue weighted by Gasteiger charge is 2.12. The van der Waals surface area contributed by atoms with Gasteiger partial charge in [0.1, 0.15) is 0 Å². The van der Waals surface area contributed by atoms with E-state index in [0.29, 0.717) is 12.3 Å². The molecule has 1 heterocycles. The number of esters is 1. The van der Waals surface area contributed by atoms with Crippen molar-refractivity contribution >= 4 is 5.97 Å². The van der Waals surface area contributed by atoms with Crippen LogP contribution in [0.15, 0.2) is 0 Å². The van der Waals surface area contributed by atoms with Gasteiger partial charge in [-0.3, -0.25) is 4.79 Å². The molecular formula is C21H40N4O2. The van der Waals surface area contributed by atoms with Gasteiger partial charge in [-0.25, -0.2) is 0 Å². The molecule has 1 aromatic rings. The summed E-state index contributed by atoms with van der Waals surface area (Å²) >= 11 is 0. The van der Waals surface area contributed by atoms with Crippen LogP contribution in [0.3, 0.4) is 0 Å². The maximum atomic E-state index is 11.1. The predicted molar refractivity (Wildman–Crippen MR) is 108 cm³/mol. The minimum Gasteiger partial charge on any atom is -0.469 e. The first-order valence-corrected chi connectivity index (χ1v) is 11.0. The van der Waals surface area contributed by atoms with Gasteiger partial charge in [0.25, 0.3) is 0 Å². The summed E-state index contributed by atoms with van der Waals surface area (Å²) in [5.74, 6) is 1.42. The van der Waals surface area contributed by atoms with E-state index < -0.39 is 0 Å². The van der Waals surface area contributed by atoms with E-state index in [4.69, 9.17) is 0 Å². The summed E-state index contributed by atoms with van der Waals surface area (Å²) < 4.78 is 4.67. The van der Waals surface area contributed by atoms with E-state index in [0.717, 1.165) is 25.1 Å². The number of rotatable bonds is 18. The maximum absolute atomic E-state index is 11.1. The minimum atomic E-state index is -0.0927. The largest absolute Gasteiger partial charge is 0.469 e. The van der Waals surface area contributed by atoms with Crippen molar-refractivity contribution in [2.75, 3.05) is 7.11 Å². The molecule has 0 saturated carbocycles. The topological polar surface area (TPSA) is 80.8 Å². The fraction of sp³-hybridized carbons (Fsp3) is 0.905. The average molecular weight is 381 g/mol. The summed E-state index contributed by atoms with van der Waals surface area (Å²) in [5.41, 5.74) is 0. The third-order valence-corrected chi connectivity index (χ3v) is 5.30. The summed E-state index contributed by atoms with van der Waals surface area (Å²) in [7, 11) is 1.46. The first-order chi connectivity index (χ1) is 13.3. The van der Waals surface area contributed by atoms with Crippen LogP contribution in [0.25, 0.3) is 0 Å². The van der Waals surface area contributed by atoms with Crippen LogP contribution >= 0.6 is 0 Å². The van der Waals surface area contributed by atoms with Crippen molar-refractivity contribution in [1.29, 1.82) is 0 Å². The van der Waals surface area contributed by atoms with Gasteiger partial charge < -0.3 is 4.74 Å². The van der Waals surface area contributed by atoms with Crippen LogP contribution in [-0.2, 0) is 16.0 Å². The molecule has 6 nitrogen and oxygen atoms in total. The zero-order valence-corrected chi connectivity index (χ0v) is 17.5. The lowest BCUT2D eigenvalue weighted by Gasteiger charge is -2.15. The number of tetrazole rings is 1. The van der Waals surface area contributed by atoms with Crippen LogP contribution in [-0.4, -0.2) is 33.7 Å². The number of carbonyl (C=O) groups excluding carboxylic acids is 1. The zero-order chi connectivity index (χ0) is 19.6. The predicted octanol–water partition coefficient (Wildman–Crippen LogP) is 5.40. The van der Waals surface area contributed by atoms with E-state index in [1.165, 1.54) is 84.2 Å². The van der Waals surface area contributed by atoms with Crippen molar-refractivity contribution in [2.45, 2.75) is 110 Å². The molecule has 0 saturated heterocycles. The van der Waals surface area contributed by atoms with Gasteiger partial charge in [-0.2, -0.15) is 5.21 Å². The molecule has 1 rings (SSSR count). The molecular weight excluding hydrogens is 340 g/mol. The number of unbranched alkanes of at least 4 members (excludes halogenated alkanes) is 10. The molecule has 0 fully saturated rings. The standard InChI is InChI=1S/C21H40N4O2/c1-3-4-5-6-7-9-12-15-19(18-20-22-24-25-23-20)16-13-10-8-11-14-17-21(26)27-2/h19H,3-18H2,1-2H3,(H,22,23,24,25). The van der Waals surface area contributed by atoms with Crippen LogP contribution in [0, 0.1) is 5.92 Å². The lowest BCUT2D eigenvalue weighted by atomic mass is 9.91. The second kappa shape index (κ2) is 16.7. The van der Waals surface area contributed by atoms with Gasteiger partial charge in [0.15, 0.2) is 5.82 Å². The molecule has 1 unspecified atom stereocenters. The smallest absolute Gasteiger partial charge is 0.305 e. The monoisotopic (exact) mass is 380 g/mol. The van der Waals surface area contributed by atoms with Gasteiger partial charge in [-0.15, -0.1) is 10.2 Å². The third-order valence-electron chi connectivity index (χ3n) is 5.30. The molecule has 0 aliphatic heterocycles. The van der Waals surface area contributed by atoms with E-state index in [1.807, 2.05) is 0 Å². The van der Waals surface area contributed by atoms with Crippen LogP contribution in [0.2, 0.25) is 0 Å². The maximum Gasteiger partial charge on any atom is 0.305 e. The molecule has 6 heteroatoms. The molecule has 1 aromatic heterocycles. The SMILES string of the molecule is CCCCCCCCCC(CCCCCCCC(=O)OC)Cc1nn[nH]n1. The quantitative estimate of drug-likeness (QED) is 0.272. The van der Waals surface area contributed by atoms with Crippen LogP contribution in [0.5, 0.6) is 0 Å². The number of aromatic amines is 1. The van der Waals surface area contributed by atoms with Gasteiger partial charge in [-0.05, 0) is 12.3 Å². The average Bonchev–Trinajstić information content (AvgIpc) is 3.19. The second-order valence-corrected chi connectivity index (χ2v) is 7.69. The Bertz CT molecular complexity index is 451. The van der Waals surface area contributed by atoms with Crippen LogP contribution < -0.4 is 0 Å². The number of nitrogens with one attached hydrogen (secondary N) is 1. The molecule has 156 valence electrons. The lowest BCUT2D eigenvalue weighted by Crippen LogP contribution is -2.07. The number of ether oxygens (including phenoxy) is 1. The molecule has 27 heavy (non-hydrogen) atoms. The van der Waals surface area contributed by atoms with Crippen molar-refractivity contribution in [1.82, 2.24) is 20.6 Å². The Kier molecular flexibility index (Phi) is 14.6. The normalized spacial score (nSPS) is 12.2. The molecule has 0 spiro atoms. The van der Waals surface area contributed by atoms with E-state index >= 15 is 0 Å². The Morgan fingerprint density at radius 3 is 2.07 bits per heavy atom. The zero-order valence-electron chi connectivity index (χ0n) is 17.5. The summed E-state index contributed by atoms with van der Waals surface area (Å²) in [6, 6.07) is 0. The summed E-state index contributed by atoms with van der Waals surface area (Å²) in [6.45, 7) is 2.27. The van der Waals surface area contributed by atoms with Crippen molar-refractivity contribution in [3.63, 3.8) is 0 Å². The number of carbonyl (C=O) groups is 1. The summed E-state index contributed by atoms with van der Waals surface area (Å²) in [4.78, 5) is 11.1. The number of methoxy groups -OCH3 is 1. The van der Waals surface area contributed by atoms with Gasteiger partial charge in [0.2, 0.25) is 0 Å². The molecule has 1 N–H and O–H groups in total. The van der Waals surface area contributed by atoms with Crippen molar-refractivity contribution in [3.05, 3.63) is 5.82 Å². The fourth-order valence-electron chi connectivity index (χ4n) is 3.60. The molecule has 0 amide bonds. The molecule has 0 aromatic carbocycles. The Hall–Kier alpha value is -1.46. The molecule has 1 atom stereocenters.